The van der Waals surface area contributed by atoms with Gasteiger partial charge in [-0.15, -0.1) is 0 Å². The minimum Gasteiger partial charge on any atom is -0.461 e. The summed E-state index contributed by atoms with van der Waals surface area (Å²) in [4.78, 5) is 62.2. The second kappa shape index (κ2) is 8.84. The van der Waals surface area contributed by atoms with E-state index in [0.717, 1.165) is 6.42 Å². The number of fused-ring (bicyclic) bond motifs is 1. The zero-order chi connectivity index (χ0) is 28.9. The molecule has 12 heteroatoms. The third kappa shape index (κ3) is 3.88. The summed E-state index contributed by atoms with van der Waals surface area (Å²) in [6.45, 7) is 6.18. The van der Waals surface area contributed by atoms with Crippen molar-refractivity contribution in [1.29, 1.82) is 0 Å². The van der Waals surface area contributed by atoms with E-state index in [2.05, 4.69) is 6.58 Å². The van der Waals surface area contributed by atoms with Gasteiger partial charge in [0.15, 0.2) is 6.10 Å². The minimum atomic E-state index is -1.17. The van der Waals surface area contributed by atoms with E-state index >= 15 is 0 Å². The predicted molar refractivity (Wildman–Crippen MR) is 133 cm³/mol. The average molecular weight is 575 g/mol. The molecule has 222 valence electrons. The molecule has 2 saturated heterocycles. The number of carbonyl (C=O) groups is 5. The molecule has 0 aromatic carbocycles. The molecular weight excluding hydrogens is 540 g/mol. The van der Waals surface area contributed by atoms with Gasteiger partial charge in [-0.2, -0.15) is 0 Å². The molecule has 0 aromatic rings. The Labute approximate surface area is 236 Å². The zero-order valence-corrected chi connectivity index (χ0v) is 23.1. The predicted octanol–water partition coefficient (Wildman–Crippen LogP) is 3.00. The van der Waals surface area contributed by atoms with Gasteiger partial charge < -0.3 is 33.2 Å². The molecule has 2 heterocycles. The Morgan fingerprint density at radius 3 is 2.51 bits per heavy atom. The lowest BCUT2D eigenvalue weighted by Gasteiger charge is -2.54. The van der Waals surface area contributed by atoms with Gasteiger partial charge in [-0.25, -0.2) is 14.4 Å². The molecular formula is C29H34O12. The highest BCUT2D eigenvalue weighted by Gasteiger charge is 2.80. The topological polar surface area (TPSA) is 150 Å². The highest BCUT2D eigenvalue weighted by molar-refractivity contribution is 5.87. The van der Waals surface area contributed by atoms with Gasteiger partial charge in [0, 0.05) is 29.7 Å². The van der Waals surface area contributed by atoms with Gasteiger partial charge >= 0.3 is 30.2 Å². The summed E-state index contributed by atoms with van der Waals surface area (Å²) >= 11 is 0. The van der Waals surface area contributed by atoms with E-state index in [4.69, 9.17) is 33.2 Å². The third-order valence-electron chi connectivity index (χ3n) is 10.8. The average Bonchev–Trinajstić information content (AvgIpc) is 3.51. The standard InChI is InChI=1S/C29H34O12/c1-13(2)22(30)35-10-16(11-36-25(33)41-28-6-14(3)4-17-21(28)19(8-28)38-23(17)31)37-26(34)40-27-7-15-5-18-24(32)39-20(9-27)29(15,18)12-27/h14-21H,1,4-12H2,2-3H3. The fourth-order valence-corrected chi connectivity index (χ4v) is 9.29. The normalized spacial score (nSPS) is 44.2. The Bertz CT molecular complexity index is 1240. The molecule has 0 aromatic heterocycles. The number of carbonyl (C=O) groups excluding carboxylic acids is 5. The Morgan fingerprint density at radius 2 is 1.76 bits per heavy atom. The number of hydrogen-bond acceptors (Lipinski definition) is 12. The molecule has 5 saturated carbocycles. The largest absolute Gasteiger partial charge is 0.509 e. The summed E-state index contributed by atoms with van der Waals surface area (Å²) in [5.74, 6) is -1.27. The smallest absolute Gasteiger partial charge is 0.461 e. The van der Waals surface area contributed by atoms with Crippen LogP contribution in [0.25, 0.3) is 0 Å². The summed E-state index contributed by atoms with van der Waals surface area (Å²) in [5, 5.41) is 0. The minimum absolute atomic E-state index is 0.128. The summed E-state index contributed by atoms with van der Waals surface area (Å²) in [6.07, 6.45) is 0.451. The number of esters is 3. The number of hydrogen-bond donors (Lipinski definition) is 0. The first-order chi connectivity index (χ1) is 19.4. The Morgan fingerprint density at radius 1 is 0.976 bits per heavy atom. The van der Waals surface area contributed by atoms with Crippen LogP contribution in [0.3, 0.4) is 0 Å². The van der Waals surface area contributed by atoms with Crippen LogP contribution in [0.2, 0.25) is 0 Å². The van der Waals surface area contributed by atoms with Crippen molar-refractivity contribution in [3.63, 3.8) is 0 Å². The van der Waals surface area contributed by atoms with E-state index < -0.39 is 48.8 Å². The van der Waals surface area contributed by atoms with Crippen molar-refractivity contribution in [2.24, 2.45) is 35.0 Å². The Kier molecular flexibility index (Phi) is 5.73. The van der Waals surface area contributed by atoms with Crippen LogP contribution in [0.4, 0.5) is 9.59 Å². The number of ether oxygens (including phenoxy) is 7. The van der Waals surface area contributed by atoms with Crippen LogP contribution in [0.1, 0.15) is 58.8 Å². The van der Waals surface area contributed by atoms with Crippen molar-refractivity contribution < 1.29 is 57.1 Å². The molecule has 5 aliphatic carbocycles. The lowest BCUT2D eigenvalue weighted by Crippen LogP contribution is -2.62. The summed E-state index contributed by atoms with van der Waals surface area (Å²) in [7, 11) is 0. The lowest BCUT2D eigenvalue weighted by atomic mass is 9.53. The van der Waals surface area contributed by atoms with Crippen molar-refractivity contribution in [3.8, 4) is 0 Å². The van der Waals surface area contributed by atoms with Crippen molar-refractivity contribution in [2.45, 2.75) is 88.3 Å². The third-order valence-corrected chi connectivity index (χ3v) is 10.8. The first-order valence-corrected chi connectivity index (χ1v) is 14.4. The highest BCUT2D eigenvalue weighted by atomic mass is 16.8. The second-order valence-electron chi connectivity index (χ2n) is 13.3. The maximum Gasteiger partial charge on any atom is 0.509 e. The van der Waals surface area contributed by atoms with Crippen LogP contribution in [0.15, 0.2) is 12.2 Å². The summed E-state index contributed by atoms with van der Waals surface area (Å²) < 4.78 is 38.6. The van der Waals surface area contributed by atoms with Gasteiger partial charge in [-0.05, 0) is 50.9 Å². The molecule has 7 fully saturated rings. The fraction of sp³-hybridized carbons (Fsp3) is 0.759. The monoisotopic (exact) mass is 574 g/mol. The molecule has 2 bridgehead atoms. The second-order valence-corrected chi connectivity index (χ2v) is 13.3. The lowest BCUT2D eigenvalue weighted by molar-refractivity contribution is -0.196. The van der Waals surface area contributed by atoms with E-state index in [1.54, 1.807) is 0 Å². The summed E-state index contributed by atoms with van der Waals surface area (Å²) in [6, 6.07) is 0. The van der Waals surface area contributed by atoms with Gasteiger partial charge in [-0.3, -0.25) is 9.59 Å². The highest BCUT2D eigenvalue weighted by Crippen LogP contribution is 2.76. The molecule has 0 radical (unpaired) electrons. The fourth-order valence-electron chi connectivity index (χ4n) is 9.29. The van der Waals surface area contributed by atoms with Gasteiger partial charge in [-0.1, -0.05) is 13.5 Å². The molecule has 11 unspecified atom stereocenters. The van der Waals surface area contributed by atoms with Crippen LogP contribution < -0.4 is 0 Å². The van der Waals surface area contributed by atoms with Crippen LogP contribution in [0, 0.1) is 35.0 Å². The molecule has 2 aliphatic heterocycles. The zero-order valence-electron chi connectivity index (χ0n) is 23.1. The maximum atomic E-state index is 13.0. The molecule has 12 nitrogen and oxygen atoms in total. The van der Waals surface area contributed by atoms with Crippen LogP contribution >= 0.6 is 0 Å². The van der Waals surface area contributed by atoms with Crippen LogP contribution in [-0.4, -0.2) is 72.9 Å². The van der Waals surface area contributed by atoms with Gasteiger partial charge in [0.25, 0.3) is 0 Å². The van der Waals surface area contributed by atoms with E-state index in [1.807, 2.05) is 6.92 Å². The molecule has 7 aliphatic rings. The molecule has 7 rings (SSSR count). The van der Waals surface area contributed by atoms with Crippen molar-refractivity contribution in [2.75, 3.05) is 13.2 Å². The van der Waals surface area contributed by atoms with Crippen molar-refractivity contribution in [1.82, 2.24) is 0 Å². The van der Waals surface area contributed by atoms with Gasteiger partial charge in [0.2, 0.25) is 0 Å². The molecule has 0 N–H and O–H groups in total. The maximum absolute atomic E-state index is 13.0. The van der Waals surface area contributed by atoms with E-state index in [0.29, 0.717) is 38.5 Å². The Hall–Kier alpha value is -3.31. The van der Waals surface area contributed by atoms with E-state index in [-0.39, 0.29) is 64.7 Å². The van der Waals surface area contributed by atoms with E-state index in [9.17, 15) is 24.0 Å². The molecule has 11 atom stereocenters. The number of rotatable bonds is 8. The Balaban J connectivity index is 0.972. The summed E-state index contributed by atoms with van der Waals surface area (Å²) in [5.41, 5.74) is -1.71. The first-order valence-electron chi connectivity index (χ1n) is 14.4. The molecule has 0 amide bonds. The van der Waals surface area contributed by atoms with E-state index in [1.165, 1.54) is 6.92 Å². The van der Waals surface area contributed by atoms with Gasteiger partial charge in [0.1, 0.15) is 36.6 Å². The van der Waals surface area contributed by atoms with Crippen LogP contribution in [-0.2, 0) is 47.5 Å². The SMILES string of the molecule is C=C(C)C(=O)OCC(COC(=O)OC12CC(C)CC3C(=O)OC(C1)C32)OC(=O)OC12CC3CC4C(=O)OC(C1)C34C2. The molecule has 1 spiro atoms. The first kappa shape index (κ1) is 26.6. The van der Waals surface area contributed by atoms with Crippen molar-refractivity contribution in [3.05, 3.63) is 12.2 Å². The van der Waals surface area contributed by atoms with Gasteiger partial charge in [0.05, 0.1) is 11.8 Å². The quantitative estimate of drug-likeness (QED) is 0.238. The van der Waals surface area contributed by atoms with Crippen molar-refractivity contribution >= 4 is 30.2 Å². The van der Waals surface area contributed by atoms with Crippen LogP contribution in [0.5, 0.6) is 0 Å². The molecule has 41 heavy (non-hydrogen) atoms.